The van der Waals surface area contributed by atoms with E-state index in [2.05, 4.69) is 10.2 Å². The number of carbonyl (C=O) groups excluding carboxylic acids is 1. The number of aliphatic hydroxyl groups is 1. The highest BCUT2D eigenvalue weighted by atomic mass is 16.5. The minimum atomic E-state index is -0.524. The summed E-state index contributed by atoms with van der Waals surface area (Å²) in [5.74, 6) is -0.286. The molecule has 0 aromatic carbocycles. The lowest BCUT2D eigenvalue weighted by Gasteiger charge is -2.42. The molecule has 1 aliphatic rings. The van der Waals surface area contributed by atoms with Gasteiger partial charge in [-0.1, -0.05) is 0 Å². The quantitative estimate of drug-likeness (QED) is 0.744. The molecule has 1 fully saturated rings. The summed E-state index contributed by atoms with van der Waals surface area (Å²) in [6.45, 7) is 4.28. The number of morpholine rings is 1. The molecule has 1 unspecified atom stereocenters. The molecule has 0 bridgehead atoms. The van der Waals surface area contributed by atoms with Crippen LogP contribution in [0.3, 0.4) is 0 Å². The maximum absolute atomic E-state index is 12.3. The SMILES string of the molecule is CC1(C)CN(C(=O)c2ccc(=O)[nH]n2)CC(CO)O1. The van der Waals surface area contributed by atoms with E-state index in [4.69, 9.17) is 4.74 Å². The van der Waals surface area contributed by atoms with E-state index in [1.54, 1.807) is 4.90 Å². The van der Waals surface area contributed by atoms with Crippen LogP contribution in [0, 0.1) is 0 Å². The van der Waals surface area contributed by atoms with E-state index < -0.39 is 11.7 Å². The summed E-state index contributed by atoms with van der Waals surface area (Å²) in [5.41, 5.74) is -0.704. The zero-order valence-corrected chi connectivity index (χ0v) is 10.9. The largest absolute Gasteiger partial charge is 0.394 e. The van der Waals surface area contributed by atoms with Crippen molar-refractivity contribution in [2.24, 2.45) is 0 Å². The first-order chi connectivity index (χ1) is 8.91. The van der Waals surface area contributed by atoms with Gasteiger partial charge in [0.15, 0.2) is 0 Å². The maximum Gasteiger partial charge on any atom is 0.274 e. The molecular weight excluding hydrogens is 250 g/mol. The molecule has 7 nitrogen and oxygen atoms in total. The van der Waals surface area contributed by atoms with Crippen LogP contribution in [0.5, 0.6) is 0 Å². The van der Waals surface area contributed by atoms with Crippen molar-refractivity contribution >= 4 is 5.91 Å². The Kier molecular flexibility index (Phi) is 3.68. The number of carbonyl (C=O) groups is 1. The number of hydrogen-bond donors (Lipinski definition) is 2. The first-order valence-corrected chi connectivity index (χ1v) is 6.05. The number of aliphatic hydroxyl groups excluding tert-OH is 1. The highest BCUT2D eigenvalue weighted by molar-refractivity contribution is 5.92. The third-order valence-corrected chi connectivity index (χ3v) is 2.87. The summed E-state index contributed by atoms with van der Waals surface area (Å²) in [6, 6.07) is 2.65. The first-order valence-electron chi connectivity index (χ1n) is 6.05. The van der Waals surface area contributed by atoms with Crippen molar-refractivity contribution in [1.29, 1.82) is 0 Å². The lowest BCUT2D eigenvalue weighted by molar-refractivity contribution is -0.139. The topological polar surface area (TPSA) is 95.5 Å². The van der Waals surface area contributed by atoms with E-state index in [9.17, 15) is 14.7 Å². The minimum absolute atomic E-state index is 0.147. The lowest BCUT2D eigenvalue weighted by atomic mass is 10.0. The first kappa shape index (κ1) is 13.7. The number of aromatic nitrogens is 2. The molecule has 2 heterocycles. The standard InChI is InChI=1S/C12H17N3O4/c1-12(2)7-15(5-8(6-16)19-12)11(18)9-3-4-10(17)14-13-9/h3-4,8,16H,5-7H2,1-2H3,(H,14,17). The molecule has 0 spiro atoms. The fraction of sp³-hybridized carbons (Fsp3) is 0.583. The molecule has 1 saturated heterocycles. The molecule has 0 aliphatic carbocycles. The van der Waals surface area contributed by atoms with E-state index in [-0.39, 0.29) is 23.8 Å². The highest BCUT2D eigenvalue weighted by Crippen LogP contribution is 2.21. The molecule has 1 aromatic rings. The normalized spacial score (nSPS) is 22.3. The van der Waals surface area contributed by atoms with Crippen molar-refractivity contribution in [3.63, 3.8) is 0 Å². The zero-order chi connectivity index (χ0) is 14.0. The van der Waals surface area contributed by atoms with Crippen LogP contribution >= 0.6 is 0 Å². The van der Waals surface area contributed by atoms with Gasteiger partial charge in [-0.05, 0) is 19.9 Å². The van der Waals surface area contributed by atoms with Crippen molar-refractivity contribution in [2.75, 3.05) is 19.7 Å². The van der Waals surface area contributed by atoms with Gasteiger partial charge in [-0.15, -0.1) is 0 Å². The van der Waals surface area contributed by atoms with Crippen LogP contribution in [0.1, 0.15) is 24.3 Å². The molecular formula is C12H17N3O4. The second-order valence-electron chi connectivity index (χ2n) is 5.17. The summed E-state index contributed by atoms with van der Waals surface area (Å²) in [7, 11) is 0. The number of ether oxygens (including phenoxy) is 1. The van der Waals surface area contributed by atoms with Crippen LogP contribution in [-0.4, -0.2) is 57.5 Å². The minimum Gasteiger partial charge on any atom is -0.394 e. The van der Waals surface area contributed by atoms with Crippen LogP contribution in [0.25, 0.3) is 0 Å². The van der Waals surface area contributed by atoms with Crippen molar-refractivity contribution in [2.45, 2.75) is 25.6 Å². The Bertz CT molecular complexity index is 505. The third kappa shape index (κ3) is 3.18. The smallest absolute Gasteiger partial charge is 0.274 e. The number of rotatable bonds is 2. The Hall–Kier alpha value is -1.73. The molecule has 2 N–H and O–H groups in total. The number of aromatic amines is 1. The van der Waals surface area contributed by atoms with Gasteiger partial charge >= 0.3 is 0 Å². The van der Waals surface area contributed by atoms with Crippen LogP contribution in [0.15, 0.2) is 16.9 Å². The summed E-state index contributed by atoms with van der Waals surface area (Å²) < 4.78 is 5.64. The predicted molar refractivity (Wildman–Crippen MR) is 66.8 cm³/mol. The third-order valence-electron chi connectivity index (χ3n) is 2.87. The Morgan fingerprint density at radius 2 is 2.37 bits per heavy atom. The van der Waals surface area contributed by atoms with E-state index >= 15 is 0 Å². The van der Waals surface area contributed by atoms with Crippen LogP contribution in [0.4, 0.5) is 0 Å². The molecule has 1 aromatic heterocycles. The summed E-state index contributed by atoms with van der Waals surface area (Å²) in [4.78, 5) is 24.8. The molecule has 2 rings (SSSR count). The van der Waals surface area contributed by atoms with Gasteiger partial charge in [-0.25, -0.2) is 5.10 Å². The van der Waals surface area contributed by atoms with Crippen molar-refractivity contribution in [1.82, 2.24) is 15.1 Å². The van der Waals surface area contributed by atoms with Gasteiger partial charge in [0.1, 0.15) is 5.69 Å². The zero-order valence-electron chi connectivity index (χ0n) is 10.9. The van der Waals surface area contributed by atoms with E-state index in [1.165, 1.54) is 12.1 Å². The number of hydrogen-bond acceptors (Lipinski definition) is 5. The second kappa shape index (κ2) is 5.10. The predicted octanol–water partition coefficient (Wildman–Crippen LogP) is -0.618. The monoisotopic (exact) mass is 267 g/mol. The summed E-state index contributed by atoms with van der Waals surface area (Å²) in [5, 5.41) is 15.2. The van der Waals surface area contributed by atoms with Crippen LogP contribution in [-0.2, 0) is 4.74 Å². The maximum atomic E-state index is 12.3. The average molecular weight is 267 g/mol. The number of nitrogens with zero attached hydrogens (tertiary/aromatic N) is 2. The van der Waals surface area contributed by atoms with Crippen molar-refractivity contribution in [3.05, 3.63) is 28.2 Å². The van der Waals surface area contributed by atoms with Crippen LogP contribution in [0.2, 0.25) is 0 Å². The van der Waals surface area contributed by atoms with Crippen molar-refractivity contribution < 1.29 is 14.6 Å². The summed E-state index contributed by atoms with van der Waals surface area (Å²) >= 11 is 0. The van der Waals surface area contributed by atoms with Gasteiger partial charge in [0.25, 0.3) is 11.5 Å². The molecule has 1 amide bonds. The van der Waals surface area contributed by atoms with E-state index in [0.29, 0.717) is 13.1 Å². The average Bonchev–Trinajstić information content (AvgIpc) is 2.37. The van der Waals surface area contributed by atoms with E-state index in [0.717, 1.165) is 0 Å². The molecule has 104 valence electrons. The van der Waals surface area contributed by atoms with Gasteiger partial charge in [-0.3, -0.25) is 9.59 Å². The number of nitrogens with one attached hydrogen (secondary N) is 1. The molecule has 0 saturated carbocycles. The molecule has 19 heavy (non-hydrogen) atoms. The van der Waals surface area contributed by atoms with Crippen molar-refractivity contribution in [3.8, 4) is 0 Å². The van der Waals surface area contributed by atoms with Crippen LogP contribution < -0.4 is 5.56 Å². The van der Waals surface area contributed by atoms with Gasteiger partial charge in [-0.2, -0.15) is 5.10 Å². The number of amides is 1. The van der Waals surface area contributed by atoms with Gasteiger partial charge in [0, 0.05) is 19.2 Å². The molecule has 1 aliphatic heterocycles. The molecule has 1 atom stereocenters. The summed E-state index contributed by atoms with van der Waals surface area (Å²) in [6.07, 6.45) is -0.407. The molecule has 7 heteroatoms. The van der Waals surface area contributed by atoms with Gasteiger partial charge < -0.3 is 14.7 Å². The molecule has 0 radical (unpaired) electrons. The Morgan fingerprint density at radius 3 is 2.95 bits per heavy atom. The number of H-pyrrole nitrogens is 1. The van der Waals surface area contributed by atoms with Gasteiger partial charge in [0.2, 0.25) is 0 Å². The lowest BCUT2D eigenvalue weighted by Crippen LogP contribution is -2.55. The Labute approximate surface area is 110 Å². The fourth-order valence-corrected chi connectivity index (χ4v) is 2.17. The van der Waals surface area contributed by atoms with Gasteiger partial charge in [0.05, 0.1) is 18.3 Å². The fourth-order valence-electron chi connectivity index (χ4n) is 2.17. The van der Waals surface area contributed by atoms with E-state index in [1.807, 2.05) is 13.8 Å². The highest BCUT2D eigenvalue weighted by Gasteiger charge is 2.35. The Balaban J connectivity index is 2.18. The Morgan fingerprint density at radius 1 is 1.63 bits per heavy atom. The second-order valence-corrected chi connectivity index (χ2v) is 5.17.